The predicted octanol–water partition coefficient (Wildman–Crippen LogP) is 5.69. The van der Waals surface area contributed by atoms with Crippen molar-refractivity contribution in [2.45, 2.75) is 6.92 Å². The Morgan fingerprint density at radius 3 is 2.68 bits per heavy atom. The van der Waals surface area contributed by atoms with Crippen molar-refractivity contribution in [1.29, 1.82) is 0 Å². The molecule has 5 aromatic rings. The van der Waals surface area contributed by atoms with Crippen LogP contribution in [0.4, 0.5) is 0 Å². The minimum Gasteiger partial charge on any atom is -0.361 e. The van der Waals surface area contributed by atoms with E-state index in [9.17, 15) is 0 Å². The quantitative estimate of drug-likeness (QED) is 0.431. The highest BCUT2D eigenvalue weighted by Gasteiger charge is 2.11. The third-order valence-electron chi connectivity index (χ3n) is 4.85. The number of hydrogen-bond donors (Lipinski definition) is 2. The normalized spacial score (nSPS) is 11.4. The fourth-order valence-electron chi connectivity index (χ4n) is 3.49. The first-order valence-corrected chi connectivity index (χ1v) is 8.40. The molecule has 0 unspecified atom stereocenters. The van der Waals surface area contributed by atoms with Crippen molar-refractivity contribution in [1.82, 2.24) is 15.0 Å². The van der Waals surface area contributed by atoms with Crippen molar-refractivity contribution in [3.63, 3.8) is 0 Å². The highest BCUT2D eigenvalue weighted by Crippen LogP contribution is 2.33. The van der Waals surface area contributed by atoms with Crippen molar-refractivity contribution < 1.29 is 0 Å². The van der Waals surface area contributed by atoms with E-state index in [1.165, 1.54) is 27.6 Å². The van der Waals surface area contributed by atoms with E-state index in [4.69, 9.17) is 0 Å². The Balaban J connectivity index is 1.70. The monoisotopic (exact) mass is 323 g/mol. The highest BCUT2D eigenvalue weighted by atomic mass is 14.8. The third kappa shape index (κ3) is 2.24. The largest absolute Gasteiger partial charge is 0.361 e. The van der Waals surface area contributed by atoms with Crippen LogP contribution in [-0.2, 0) is 0 Å². The molecule has 0 aliphatic carbocycles. The summed E-state index contributed by atoms with van der Waals surface area (Å²) < 4.78 is 0. The number of nitrogens with one attached hydrogen (secondary N) is 2. The molecule has 25 heavy (non-hydrogen) atoms. The maximum atomic E-state index is 4.64. The molecular weight excluding hydrogens is 306 g/mol. The average Bonchev–Trinajstić information content (AvgIpc) is 3.27. The number of rotatable bonds is 2. The van der Waals surface area contributed by atoms with E-state index in [1.807, 2.05) is 12.4 Å². The molecule has 0 saturated heterocycles. The summed E-state index contributed by atoms with van der Waals surface area (Å²) >= 11 is 0. The minimum atomic E-state index is 0.921. The maximum Gasteiger partial charge on any atom is 0.137 e. The van der Waals surface area contributed by atoms with Crippen molar-refractivity contribution in [3.05, 3.63) is 78.8 Å². The molecule has 0 spiro atoms. The summed E-state index contributed by atoms with van der Waals surface area (Å²) in [6.07, 6.45) is 5.96. The van der Waals surface area contributed by atoms with Gasteiger partial charge < -0.3 is 9.97 Å². The molecule has 3 aromatic heterocycles. The second kappa shape index (κ2) is 5.35. The number of H-pyrrole nitrogens is 2. The van der Waals surface area contributed by atoms with Crippen LogP contribution in [0.5, 0.6) is 0 Å². The summed E-state index contributed by atoms with van der Waals surface area (Å²) in [4.78, 5) is 11.2. The van der Waals surface area contributed by atoms with Gasteiger partial charge in [0.05, 0.1) is 0 Å². The van der Waals surface area contributed by atoms with E-state index in [2.05, 4.69) is 82.7 Å². The minimum absolute atomic E-state index is 0.921. The van der Waals surface area contributed by atoms with E-state index in [1.54, 1.807) is 0 Å². The van der Waals surface area contributed by atoms with Crippen molar-refractivity contribution >= 4 is 21.9 Å². The summed E-state index contributed by atoms with van der Waals surface area (Å²) in [6, 6.07) is 19.3. The van der Waals surface area contributed by atoms with Crippen LogP contribution in [0.2, 0.25) is 0 Å². The smallest absolute Gasteiger partial charge is 0.137 e. The van der Waals surface area contributed by atoms with E-state index >= 15 is 0 Å². The molecule has 3 nitrogen and oxygen atoms in total. The molecule has 5 rings (SSSR count). The van der Waals surface area contributed by atoms with Crippen LogP contribution in [-0.4, -0.2) is 15.0 Å². The van der Waals surface area contributed by atoms with Crippen LogP contribution in [0.25, 0.3) is 44.2 Å². The first-order valence-electron chi connectivity index (χ1n) is 8.40. The standard InChI is InChI=1S/C22H17N3/c1-14-4-2-3-5-18(14)20-13-25-22-19(20)11-17(12-24-22)15-6-7-21-16(10-15)8-9-23-21/h2-13,23H,1H3,(H,24,25). The lowest BCUT2D eigenvalue weighted by Gasteiger charge is -2.06. The van der Waals surface area contributed by atoms with E-state index < -0.39 is 0 Å². The zero-order chi connectivity index (χ0) is 16.8. The van der Waals surface area contributed by atoms with Crippen LogP contribution < -0.4 is 0 Å². The molecule has 3 heterocycles. The first kappa shape index (κ1) is 14.1. The van der Waals surface area contributed by atoms with Gasteiger partial charge in [-0.3, -0.25) is 0 Å². The average molecular weight is 323 g/mol. The van der Waals surface area contributed by atoms with Gasteiger partial charge in [-0.2, -0.15) is 0 Å². The Morgan fingerprint density at radius 2 is 1.76 bits per heavy atom. The molecule has 0 radical (unpaired) electrons. The molecule has 0 fully saturated rings. The predicted molar refractivity (Wildman–Crippen MR) is 104 cm³/mol. The Kier molecular flexibility index (Phi) is 3.01. The van der Waals surface area contributed by atoms with Crippen molar-refractivity contribution in [3.8, 4) is 22.3 Å². The first-order chi connectivity index (χ1) is 12.3. The van der Waals surface area contributed by atoms with Gasteiger partial charge in [-0.25, -0.2) is 4.98 Å². The molecule has 0 saturated carbocycles. The van der Waals surface area contributed by atoms with Gasteiger partial charge in [0.2, 0.25) is 0 Å². The molecule has 3 heteroatoms. The lowest BCUT2D eigenvalue weighted by molar-refractivity contribution is 1.32. The van der Waals surface area contributed by atoms with Gasteiger partial charge in [0.15, 0.2) is 0 Å². The lowest BCUT2D eigenvalue weighted by Crippen LogP contribution is -1.84. The molecular formula is C22H17N3. The van der Waals surface area contributed by atoms with Gasteiger partial charge in [0, 0.05) is 40.6 Å². The molecule has 0 bridgehead atoms. The SMILES string of the molecule is Cc1ccccc1-c1c[nH]c2ncc(-c3ccc4[nH]ccc4c3)cc12. The van der Waals surface area contributed by atoms with Gasteiger partial charge in [0.25, 0.3) is 0 Å². The maximum absolute atomic E-state index is 4.64. The molecule has 0 aliphatic heterocycles. The molecule has 0 atom stereocenters. The summed E-state index contributed by atoms with van der Waals surface area (Å²) in [5.41, 5.74) is 8.09. The number of aromatic amines is 2. The number of nitrogens with zero attached hydrogens (tertiary/aromatic N) is 1. The zero-order valence-corrected chi connectivity index (χ0v) is 13.9. The van der Waals surface area contributed by atoms with E-state index in [0.29, 0.717) is 0 Å². The van der Waals surface area contributed by atoms with Crippen LogP contribution in [0, 0.1) is 6.92 Å². The van der Waals surface area contributed by atoms with Gasteiger partial charge in [-0.05, 0) is 53.3 Å². The number of aromatic nitrogens is 3. The van der Waals surface area contributed by atoms with Crippen LogP contribution in [0.15, 0.2) is 73.2 Å². The molecule has 120 valence electrons. The van der Waals surface area contributed by atoms with Crippen LogP contribution in [0.1, 0.15) is 5.56 Å². The number of pyridine rings is 1. The second-order valence-electron chi connectivity index (χ2n) is 6.42. The zero-order valence-electron chi connectivity index (χ0n) is 13.9. The van der Waals surface area contributed by atoms with Gasteiger partial charge >= 0.3 is 0 Å². The number of aryl methyl sites for hydroxylation is 1. The third-order valence-corrected chi connectivity index (χ3v) is 4.85. The molecule has 0 aliphatic rings. The van der Waals surface area contributed by atoms with Crippen molar-refractivity contribution in [2.75, 3.05) is 0 Å². The van der Waals surface area contributed by atoms with E-state index in [0.717, 1.165) is 22.1 Å². The summed E-state index contributed by atoms with van der Waals surface area (Å²) in [5.74, 6) is 0. The second-order valence-corrected chi connectivity index (χ2v) is 6.42. The summed E-state index contributed by atoms with van der Waals surface area (Å²) in [6.45, 7) is 2.14. The van der Waals surface area contributed by atoms with Gasteiger partial charge in [-0.1, -0.05) is 30.3 Å². The fourth-order valence-corrected chi connectivity index (χ4v) is 3.49. The number of hydrogen-bond acceptors (Lipinski definition) is 1. The summed E-state index contributed by atoms with van der Waals surface area (Å²) in [5, 5.41) is 2.37. The Bertz CT molecular complexity index is 1210. The van der Waals surface area contributed by atoms with Crippen LogP contribution >= 0.6 is 0 Å². The number of benzene rings is 2. The summed E-state index contributed by atoms with van der Waals surface area (Å²) in [7, 11) is 0. The Morgan fingerprint density at radius 1 is 0.840 bits per heavy atom. The Labute approximate surface area is 145 Å². The van der Waals surface area contributed by atoms with Crippen LogP contribution in [0.3, 0.4) is 0 Å². The molecule has 0 amide bonds. The molecule has 2 N–H and O–H groups in total. The lowest BCUT2D eigenvalue weighted by atomic mass is 9.99. The van der Waals surface area contributed by atoms with Gasteiger partial charge in [0.1, 0.15) is 5.65 Å². The topological polar surface area (TPSA) is 44.5 Å². The molecule has 2 aromatic carbocycles. The van der Waals surface area contributed by atoms with Crippen molar-refractivity contribution in [2.24, 2.45) is 0 Å². The van der Waals surface area contributed by atoms with Gasteiger partial charge in [-0.15, -0.1) is 0 Å². The van der Waals surface area contributed by atoms with E-state index in [-0.39, 0.29) is 0 Å². The highest BCUT2D eigenvalue weighted by molar-refractivity contribution is 5.97. The fraction of sp³-hybridized carbons (Fsp3) is 0.0455. The number of fused-ring (bicyclic) bond motifs is 2. The Hall–Kier alpha value is -3.33.